The van der Waals surface area contributed by atoms with Crippen LogP contribution < -0.4 is 0 Å². The summed E-state index contributed by atoms with van der Waals surface area (Å²) in [5.74, 6) is 2.65. The Labute approximate surface area is 182 Å². The molecule has 1 atom stereocenters. The van der Waals surface area contributed by atoms with Gasteiger partial charge in [0, 0.05) is 37.7 Å². The first-order valence-electron chi connectivity index (χ1n) is 11.3. The molecule has 31 heavy (non-hydrogen) atoms. The first kappa shape index (κ1) is 20.5. The molecular weight excluding hydrogens is 392 g/mol. The molecule has 2 aliphatic heterocycles. The van der Waals surface area contributed by atoms with Gasteiger partial charge in [-0.1, -0.05) is 35.5 Å². The minimum atomic E-state index is -0.756. The zero-order chi connectivity index (χ0) is 21.1. The maximum atomic E-state index is 11.1. The van der Waals surface area contributed by atoms with Crippen LogP contribution in [0.3, 0.4) is 0 Å². The number of aliphatic hydroxyl groups is 1. The highest BCUT2D eigenvalue weighted by Crippen LogP contribution is 2.31. The van der Waals surface area contributed by atoms with Gasteiger partial charge in [0.2, 0.25) is 0 Å². The van der Waals surface area contributed by atoms with Crippen molar-refractivity contribution in [3.05, 3.63) is 65.8 Å². The van der Waals surface area contributed by atoms with E-state index in [0.29, 0.717) is 19.3 Å². The summed E-state index contributed by atoms with van der Waals surface area (Å²) in [6, 6.07) is 16.0. The Kier molecular flexibility index (Phi) is 5.94. The van der Waals surface area contributed by atoms with Gasteiger partial charge >= 0.3 is 0 Å². The van der Waals surface area contributed by atoms with Crippen LogP contribution in [0.5, 0.6) is 0 Å². The van der Waals surface area contributed by atoms with E-state index in [1.807, 2.05) is 36.4 Å². The Balaban J connectivity index is 1.14. The standard InChI is InChI=1S/C25H30N2O4/c28-25(17-21-16-22(26-31-21)19-6-2-1-3-7-19)11-13-27(14-12-25)18-20-9-10-24(30-20)23-8-4-5-15-29-23/h1-3,6-7,9-10,16,23,28H,4-5,8,11-15,17-18H2/t23-/m0/s1. The molecule has 2 fully saturated rings. The number of nitrogens with zero attached hydrogens (tertiary/aromatic N) is 2. The van der Waals surface area contributed by atoms with Crippen LogP contribution in [0, 0.1) is 0 Å². The molecule has 6 heteroatoms. The summed E-state index contributed by atoms with van der Waals surface area (Å²) in [5, 5.41) is 15.3. The molecule has 6 nitrogen and oxygen atoms in total. The third-order valence-corrected chi connectivity index (χ3v) is 6.48. The summed E-state index contributed by atoms with van der Waals surface area (Å²) < 4.78 is 17.4. The molecule has 0 aliphatic carbocycles. The average Bonchev–Trinajstić information content (AvgIpc) is 3.47. The maximum absolute atomic E-state index is 11.1. The minimum Gasteiger partial charge on any atom is -0.462 e. The van der Waals surface area contributed by atoms with Gasteiger partial charge < -0.3 is 18.8 Å². The predicted octanol–water partition coefficient (Wildman–Crippen LogP) is 4.75. The van der Waals surface area contributed by atoms with Gasteiger partial charge in [0.25, 0.3) is 0 Å². The lowest BCUT2D eigenvalue weighted by molar-refractivity contribution is -0.0283. The van der Waals surface area contributed by atoms with E-state index >= 15 is 0 Å². The van der Waals surface area contributed by atoms with Crippen molar-refractivity contribution in [1.82, 2.24) is 10.1 Å². The summed E-state index contributed by atoms with van der Waals surface area (Å²) in [7, 11) is 0. The molecule has 4 heterocycles. The topological polar surface area (TPSA) is 71.9 Å². The van der Waals surface area contributed by atoms with E-state index in [-0.39, 0.29) is 6.10 Å². The molecule has 0 bridgehead atoms. The molecule has 2 aromatic heterocycles. The highest BCUT2D eigenvalue weighted by atomic mass is 16.5. The largest absolute Gasteiger partial charge is 0.462 e. The van der Waals surface area contributed by atoms with E-state index in [0.717, 1.165) is 67.6 Å². The number of hydrogen-bond acceptors (Lipinski definition) is 6. The number of furan rings is 1. The van der Waals surface area contributed by atoms with Gasteiger partial charge in [-0.05, 0) is 44.2 Å². The van der Waals surface area contributed by atoms with Crippen LogP contribution >= 0.6 is 0 Å². The quantitative estimate of drug-likeness (QED) is 0.618. The zero-order valence-electron chi connectivity index (χ0n) is 17.8. The van der Waals surface area contributed by atoms with Crippen LogP contribution in [0.1, 0.15) is 55.5 Å². The van der Waals surface area contributed by atoms with Gasteiger partial charge in [0.05, 0.1) is 12.1 Å². The van der Waals surface area contributed by atoms with Crippen LogP contribution in [0.15, 0.2) is 57.5 Å². The first-order chi connectivity index (χ1) is 15.2. The van der Waals surface area contributed by atoms with Crippen molar-refractivity contribution in [3.63, 3.8) is 0 Å². The Bertz CT molecular complexity index is 966. The SMILES string of the molecule is OC1(Cc2cc(-c3ccccc3)no2)CCN(Cc2ccc([C@@H]3CCCCO3)o2)CC1. The number of rotatable bonds is 6. The Hall–Kier alpha value is -2.41. The van der Waals surface area contributed by atoms with Crippen molar-refractivity contribution in [1.29, 1.82) is 0 Å². The van der Waals surface area contributed by atoms with Crippen LogP contribution in [0.2, 0.25) is 0 Å². The number of aromatic nitrogens is 1. The fraction of sp³-hybridized carbons (Fsp3) is 0.480. The van der Waals surface area contributed by atoms with Crippen LogP contribution in [0.25, 0.3) is 11.3 Å². The van der Waals surface area contributed by atoms with Gasteiger partial charge in [-0.15, -0.1) is 0 Å². The first-order valence-corrected chi connectivity index (χ1v) is 11.3. The highest BCUT2D eigenvalue weighted by Gasteiger charge is 2.34. The Morgan fingerprint density at radius 3 is 2.65 bits per heavy atom. The summed E-state index contributed by atoms with van der Waals surface area (Å²) in [6.45, 7) is 3.24. The van der Waals surface area contributed by atoms with Crippen LogP contribution in [-0.4, -0.2) is 40.5 Å². The normalized spacial score (nSPS) is 21.9. The molecule has 0 saturated carbocycles. The zero-order valence-corrected chi connectivity index (χ0v) is 17.8. The average molecular weight is 423 g/mol. The lowest BCUT2D eigenvalue weighted by Crippen LogP contribution is -2.45. The molecule has 164 valence electrons. The van der Waals surface area contributed by atoms with E-state index in [2.05, 4.69) is 22.2 Å². The lowest BCUT2D eigenvalue weighted by atomic mass is 9.87. The molecule has 0 amide bonds. The van der Waals surface area contributed by atoms with Crippen molar-refractivity contribution in [2.75, 3.05) is 19.7 Å². The molecule has 1 aromatic carbocycles. The summed E-state index contributed by atoms with van der Waals surface area (Å²) in [6.07, 6.45) is 5.38. The second-order valence-electron chi connectivity index (χ2n) is 8.88. The van der Waals surface area contributed by atoms with Crippen molar-refractivity contribution in [3.8, 4) is 11.3 Å². The number of hydrogen-bond donors (Lipinski definition) is 1. The van der Waals surface area contributed by atoms with Gasteiger partial charge in [0.15, 0.2) is 0 Å². The fourth-order valence-corrected chi connectivity index (χ4v) is 4.61. The predicted molar refractivity (Wildman–Crippen MR) is 116 cm³/mol. The van der Waals surface area contributed by atoms with Crippen molar-refractivity contribution >= 4 is 0 Å². The van der Waals surface area contributed by atoms with E-state index < -0.39 is 5.60 Å². The molecule has 0 unspecified atom stereocenters. The van der Waals surface area contributed by atoms with E-state index in [1.165, 1.54) is 6.42 Å². The number of ether oxygens (including phenoxy) is 1. The van der Waals surface area contributed by atoms with E-state index in [9.17, 15) is 5.11 Å². The molecule has 0 radical (unpaired) electrons. The van der Waals surface area contributed by atoms with E-state index in [1.54, 1.807) is 0 Å². The summed E-state index contributed by atoms with van der Waals surface area (Å²) >= 11 is 0. The molecule has 2 aliphatic rings. The van der Waals surface area contributed by atoms with Gasteiger partial charge in [0.1, 0.15) is 29.1 Å². The lowest BCUT2D eigenvalue weighted by Gasteiger charge is -2.37. The molecule has 5 rings (SSSR count). The summed E-state index contributed by atoms with van der Waals surface area (Å²) in [4.78, 5) is 2.34. The Morgan fingerprint density at radius 2 is 1.87 bits per heavy atom. The third kappa shape index (κ3) is 4.92. The van der Waals surface area contributed by atoms with Crippen LogP contribution in [0.4, 0.5) is 0 Å². The molecular formula is C25H30N2O4. The van der Waals surface area contributed by atoms with Crippen molar-refractivity contribution in [2.24, 2.45) is 0 Å². The third-order valence-electron chi connectivity index (χ3n) is 6.48. The molecule has 1 N–H and O–H groups in total. The molecule has 0 spiro atoms. The van der Waals surface area contributed by atoms with Crippen molar-refractivity contribution < 1.29 is 18.8 Å². The highest BCUT2D eigenvalue weighted by molar-refractivity contribution is 5.58. The fourth-order valence-electron chi connectivity index (χ4n) is 4.61. The molecule has 3 aromatic rings. The second-order valence-corrected chi connectivity index (χ2v) is 8.88. The maximum Gasteiger partial charge on any atom is 0.140 e. The van der Waals surface area contributed by atoms with Gasteiger partial charge in [-0.25, -0.2) is 0 Å². The van der Waals surface area contributed by atoms with Crippen LogP contribution in [-0.2, 0) is 17.7 Å². The summed E-state index contributed by atoms with van der Waals surface area (Å²) in [5.41, 5.74) is 1.08. The Morgan fingerprint density at radius 1 is 1.03 bits per heavy atom. The van der Waals surface area contributed by atoms with Gasteiger partial charge in [-0.3, -0.25) is 4.90 Å². The number of benzene rings is 1. The van der Waals surface area contributed by atoms with E-state index in [4.69, 9.17) is 13.7 Å². The number of likely N-dealkylation sites (tertiary alicyclic amines) is 1. The monoisotopic (exact) mass is 422 g/mol. The van der Waals surface area contributed by atoms with Crippen molar-refractivity contribution in [2.45, 2.75) is 56.8 Å². The molecule has 2 saturated heterocycles. The second kappa shape index (κ2) is 8.99. The number of piperidine rings is 1. The minimum absolute atomic E-state index is 0.108. The smallest absolute Gasteiger partial charge is 0.140 e. The van der Waals surface area contributed by atoms with Gasteiger partial charge in [-0.2, -0.15) is 0 Å².